The number of nitrogens with one attached hydrogen (secondary N) is 1. The molecule has 0 saturated heterocycles. The summed E-state index contributed by atoms with van der Waals surface area (Å²) in [5.74, 6) is 0.598. The van der Waals surface area contributed by atoms with Gasteiger partial charge in [-0.1, -0.05) is 13.8 Å². The van der Waals surface area contributed by atoms with Crippen LogP contribution in [0.2, 0.25) is 0 Å². The van der Waals surface area contributed by atoms with E-state index in [1.807, 2.05) is 13.1 Å². The van der Waals surface area contributed by atoms with Gasteiger partial charge in [-0.05, 0) is 37.5 Å². The van der Waals surface area contributed by atoms with Crippen LogP contribution in [-0.4, -0.2) is 39.3 Å². The van der Waals surface area contributed by atoms with E-state index in [0.29, 0.717) is 11.5 Å². The quantitative estimate of drug-likeness (QED) is 0.918. The Balaban J connectivity index is 2.18. The highest BCUT2D eigenvalue weighted by Gasteiger charge is 2.18. The highest BCUT2D eigenvalue weighted by molar-refractivity contribution is 5.97. The Kier molecular flexibility index (Phi) is 3.83. The minimum absolute atomic E-state index is 0.0260. The molecule has 102 valence electrons. The summed E-state index contributed by atoms with van der Waals surface area (Å²) in [4.78, 5) is 14.2. The predicted octanol–water partition coefficient (Wildman–Crippen LogP) is 2.46. The fourth-order valence-corrected chi connectivity index (χ4v) is 2.22. The van der Waals surface area contributed by atoms with Crippen LogP contribution in [0.3, 0.4) is 0 Å². The maximum atomic E-state index is 12.4. The molecule has 1 N–H and O–H groups in total. The summed E-state index contributed by atoms with van der Waals surface area (Å²) in [5.41, 5.74) is 2.14. The first-order chi connectivity index (χ1) is 8.99. The summed E-state index contributed by atoms with van der Waals surface area (Å²) >= 11 is 0. The van der Waals surface area contributed by atoms with Gasteiger partial charge in [-0.25, -0.2) is 0 Å². The second kappa shape index (κ2) is 5.38. The van der Waals surface area contributed by atoms with E-state index in [1.54, 1.807) is 17.0 Å². The summed E-state index contributed by atoms with van der Waals surface area (Å²) in [7, 11) is 1.85. The minimum Gasteiger partial charge on any atom is -0.339 e. The Morgan fingerprint density at radius 1 is 1.26 bits per heavy atom. The Labute approximate surface area is 113 Å². The molecule has 1 heterocycles. The van der Waals surface area contributed by atoms with Crippen LogP contribution >= 0.6 is 0 Å². The van der Waals surface area contributed by atoms with E-state index in [9.17, 15) is 4.79 Å². The number of benzene rings is 1. The number of aromatic nitrogens is 3. The van der Waals surface area contributed by atoms with Gasteiger partial charge in [0.1, 0.15) is 11.0 Å². The second-order valence-corrected chi connectivity index (χ2v) is 5.42. The molecule has 0 bridgehead atoms. The summed E-state index contributed by atoms with van der Waals surface area (Å²) in [6.45, 7) is 6.40. The number of amides is 1. The molecule has 0 aliphatic carbocycles. The molecule has 1 unspecified atom stereocenters. The van der Waals surface area contributed by atoms with E-state index in [4.69, 9.17) is 0 Å². The Morgan fingerprint density at radius 3 is 2.63 bits per heavy atom. The Hall–Kier alpha value is -1.91. The number of H-pyrrole nitrogens is 1. The molecule has 5 heteroatoms. The van der Waals surface area contributed by atoms with Gasteiger partial charge in [-0.15, -0.1) is 0 Å². The van der Waals surface area contributed by atoms with Crippen molar-refractivity contribution < 1.29 is 4.79 Å². The summed E-state index contributed by atoms with van der Waals surface area (Å²) in [6, 6.07) is 5.61. The zero-order valence-corrected chi connectivity index (χ0v) is 11.8. The predicted molar refractivity (Wildman–Crippen MR) is 74.9 cm³/mol. The lowest BCUT2D eigenvalue weighted by molar-refractivity contribution is 0.0728. The molecule has 0 aliphatic heterocycles. The minimum atomic E-state index is 0.0260. The fraction of sp³-hybridized carbons (Fsp3) is 0.500. The smallest absolute Gasteiger partial charge is 0.253 e. The van der Waals surface area contributed by atoms with Gasteiger partial charge < -0.3 is 4.90 Å². The van der Waals surface area contributed by atoms with Gasteiger partial charge in [0.05, 0.1) is 0 Å². The van der Waals surface area contributed by atoms with Gasteiger partial charge in [-0.2, -0.15) is 15.4 Å². The highest BCUT2D eigenvalue weighted by Crippen LogP contribution is 2.16. The molecule has 0 saturated carbocycles. The molecule has 0 aliphatic rings. The monoisotopic (exact) mass is 260 g/mol. The standard InChI is InChI=1S/C14H20N4O/c1-9(2)7-10(3)18(4)14(19)11-5-6-12-13(8-11)16-17-15-12/h5-6,8-10H,7H2,1-4H3,(H,15,16,17). The molecule has 0 fully saturated rings. The van der Waals surface area contributed by atoms with Crippen LogP contribution in [0.4, 0.5) is 0 Å². The number of carbonyl (C=O) groups is 1. The maximum Gasteiger partial charge on any atom is 0.253 e. The average Bonchev–Trinajstić information content (AvgIpc) is 2.83. The number of carbonyl (C=O) groups excluding carboxylic acids is 1. The second-order valence-electron chi connectivity index (χ2n) is 5.42. The molecule has 0 spiro atoms. The van der Waals surface area contributed by atoms with Gasteiger partial charge >= 0.3 is 0 Å². The van der Waals surface area contributed by atoms with Crippen molar-refractivity contribution in [2.75, 3.05) is 7.05 Å². The lowest BCUT2D eigenvalue weighted by atomic mass is 10.0. The third kappa shape index (κ3) is 2.92. The van der Waals surface area contributed by atoms with Crippen LogP contribution in [0, 0.1) is 5.92 Å². The molecule has 1 aromatic heterocycles. The molecule has 1 atom stereocenters. The normalized spacial score (nSPS) is 12.9. The molecule has 1 amide bonds. The molecule has 1 aromatic carbocycles. The third-order valence-electron chi connectivity index (χ3n) is 3.36. The molecular formula is C14H20N4O. The fourth-order valence-electron chi connectivity index (χ4n) is 2.22. The van der Waals surface area contributed by atoms with E-state index >= 15 is 0 Å². The van der Waals surface area contributed by atoms with E-state index in [-0.39, 0.29) is 11.9 Å². The number of aromatic amines is 1. The van der Waals surface area contributed by atoms with Crippen LogP contribution in [0.1, 0.15) is 37.6 Å². The summed E-state index contributed by atoms with van der Waals surface area (Å²) in [6.07, 6.45) is 0.994. The van der Waals surface area contributed by atoms with Crippen molar-refractivity contribution in [1.29, 1.82) is 0 Å². The van der Waals surface area contributed by atoms with Crippen LogP contribution in [0.5, 0.6) is 0 Å². The van der Waals surface area contributed by atoms with Crippen LogP contribution in [-0.2, 0) is 0 Å². The molecule has 2 rings (SSSR count). The highest BCUT2D eigenvalue weighted by atomic mass is 16.2. The first kappa shape index (κ1) is 13.5. The zero-order chi connectivity index (χ0) is 14.0. The van der Waals surface area contributed by atoms with Gasteiger partial charge in [0.15, 0.2) is 0 Å². The average molecular weight is 260 g/mol. The lowest BCUT2D eigenvalue weighted by Gasteiger charge is -2.26. The van der Waals surface area contributed by atoms with Crippen LogP contribution in [0.15, 0.2) is 18.2 Å². The van der Waals surface area contributed by atoms with E-state index in [2.05, 4.69) is 36.2 Å². The Morgan fingerprint density at radius 2 is 1.95 bits per heavy atom. The first-order valence-electron chi connectivity index (χ1n) is 6.56. The van der Waals surface area contributed by atoms with E-state index in [0.717, 1.165) is 17.5 Å². The summed E-state index contributed by atoms with van der Waals surface area (Å²) in [5, 5.41) is 10.5. The van der Waals surface area contributed by atoms with Gasteiger partial charge in [-0.3, -0.25) is 4.79 Å². The number of fused-ring (bicyclic) bond motifs is 1. The topological polar surface area (TPSA) is 61.9 Å². The van der Waals surface area contributed by atoms with E-state index in [1.165, 1.54) is 0 Å². The number of hydrogen-bond donors (Lipinski definition) is 1. The first-order valence-corrected chi connectivity index (χ1v) is 6.56. The number of nitrogens with zero attached hydrogens (tertiary/aromatic N) is 3. The molecule has 5 nitrogen and oxygen atoms in total. The maximum absolute atomic E-state index is 12.4. The zero-order valence-electron chi connectivity index (χ0n) is 11.8. The van der Waals surface area contributed by atoms with Gasteiger partial charge in [0.25, 0.3) is 5.91 Å². The van der Waals surface area contributed by atoms with Crippen molar-refractivity contribution in [3.8, 4) is 0 Å². The number of rotatable bonds is 4. The Bertz CT molecular complexity index is 576. The third-order valence-corrected chi connectivity index (χ3v) is 3.36. The molecule has 0 radical (unpaired) electrons. The summed E-state index contributed by atoms with van der Waals surface area (Å²) < 4.78 is 0. The van der Waals surface area contributed by atoms with Crippen molar-refractivity contribution in [3.63, 3.8) is 0 Å². The SMILES string of the molecule is CC(C)CC(C)N(C)C(=O)c1ccc2n[nH]nc2c1. The molecule has 2 aromatic rings. The van der Waals surface area contributed by atoms with Crippen LogP contribution in [0.25, 0.3) is 11.0 Å². The molecule has 19 heavy (non-hydrogen) atoms. The number of hydrogen-bond acceptors (Lipinski definition) is 3. The van der Waals surface area contributed by atoms with Crippen molar-refractivity contribution in [1.82, 2.24) is 20.3 Å². The lowest BCUT2D eigenvalue weighted by Crippen LogP contribution is -2.35. The molecular weight excluding hydrogens is 240 g/mol. The van der Waals surface area contributed by atoms with Crippen molar-refractivity contribution in [2.45, 2.75) is 33.2 Å². The van der Waals surface area contributed by atoms with Crippen molar-refractivity contribution in [3.05, 3.63) is 23.8 Å². The van der Waals surface area contributed by atoms with Gasteiger partial charge in [0.2, 0.25) is 0 Å². The largest absolute Gasteiger partial charge is 0.339 e. The van der Waals surface area contributed by atoms with E-state index < -0.39 is 0 Å². The van der Waals surface area contributed by atoms with Crippen LogP contribution < -0.4 is 0 Å². The van der Waals surface area contributed by atoms with Crippen molar-refractivity contribution >= 4 is 16.9 Å². The van der Waals surface area contributed by atoms with Crippen molar-refractivity contribution in [2.24, 2.45) is 5.92 Å². The van der Waals surface area contributed by atoms with Gasteiger partial charge in [0, 0.05) is 18.7 Å².